The van der Waals surface area contributed by atoms with Crippen LogP contribution in [0.25, 0.3) is 11.5 Å². The van der Waals surface area contributed by atoms with E-state index >= 15 is 0 Å². The molecule has 3 aromatic heterocycles. The molecule has 0 aromatic carbocycles. The van der Waals surface area contributed by atoms with Gasteiger partial charge in [0.25, 0.3) is 0 Å². The van der Waals surface area contributed by atoms with Crippen molar-refractivity contribution in [3.63, 3.8) is 0 Å². The van der Waals surface area contributed by atoms with Gasteiger partial charge in [-0.05, 0) is 30.9 Å². The summed E-state index contributed by atoms with van der Waals surface area (Å²) in [6, 6.07) is 3.39. The van der Waals surface area contributed by atoms with Crippen molar-refractivity contribution in [3.8, 4) is 17.3 Å². The highest BCUT2D eigenvalue weighted by atomic mass is 19.1. The Morgan fingerprint density at radius 3 is 2.97 bits per heavy atom. The maximum absolute atomic E-state index is 12.6. The molecule has 3 aromatic rings. The SMILES string of the molecule is CN(CC(=O)Cc1cnn(C)c1)c1nc(-c2cc(OCCF)ccn2)nc2c1CCC2. The summed E-state index contributed by atoms with van der Waals surface area (Å²) in [4.78, 5) is 28.3. The van der Waals surface area contributed by atoms with Crippen LogP contribution in [-0.2, 0) is 31.1 Å². The van der Waals surface area contributed by atoms with E-state index in [2.05, 4.69) is 10.1 Å². The number of carbonyl (C=O) groups excluding carboxylic acids is 1. The quantitative estimate of drug-likeness (QED) is 0.521. The molecule has 31 heavy (non-hydrogen) atoms. The zero-order valence-corrected chi connectivity index (χ0v) is 17.7. The van der Waals surface area contributed by atoms with E-state index in [9.17, 15) is 9.18 Å². The number of ketones is 1. The molecule has 0 amide bonds. The molecule has 1 aliphatic rings. The van der Waals surface area contributed by atoms with Crippen LogP contribution in [0.3, 0.4) is 0 Å². The number of nitrogens with zero attached hydrogens (tertiary/aromatic N) is 6. The Morgan fingerprint density at radius 1 is 1.32 bits per heavy atom. The molecule has 8 nitrogen and oxygen atoms in total. The van der Waals surface area contributed by atoms with Gasteiger partial charge in [0.15, 0.2) is 11.6 Å². The van der Waals surface area contributed by atoms with Crippen molar-refractivity contribution in [1.29, 1.82) is 0 Å². The fourth-order valence-corrected chi connectivity index (χ4v) is 3.81. The van der Waals surface area contributed by atoms with Crippen molar-refractivity contribution in [2.24, 2.45) is 7.05 Å². The van der Waals surface area contributed by atoms with E-state index in [4.69, 9.17) is 14.7 Å². The number of ether oxygens (including phenoxy) is 1. The maximum Gasteiger partial charge on any atom is 0.180 e. The Morgan fingerprint density at radius 2 is 2.19 bits per heavy atom. The maximum atomic E-state index is 12.6. The number of Topliss-reactive ketones (excluding diaryl/α,β-unsaturated/α-hetero) is 1. The van der Waals surface area contributed by atoms with Crippen LogP contribution < -0.4 is 9.64 Å². The zero-order valence-electron chi connectivity index (χ0n) is 17.7. The van der Waals surface area contributed by atoms with Gasteiger partial charge in [-0.25, -0.2) is 14.4 Å². The Hall–Kier alpha value is -3.36. The number of pyridine rings is 1. The number of likely N-dealkylation sites (N-methyl/N-ethyl adjacent to an activating group) is 1. The average molecular weight is 424 g/mol. The number of hydrogen-bond acceptors (Lipinski definition) is 7. The van der Waals surface area contributed by atoms with Gasteiger partial charge in [-0.3, -0.25) is 14.5 Å². The van der Waals surface area contributed by atoms with Crippen molar-refractivity contribution >= 4 is 11.6 Å². The lowest BCUT2D eigenvalue weighted by Gasteiger charge is -2.21. The van der Waals surface area contributed by atoms with E-state index in [1.807, 2.05) is 25.2 Å². The zero-order chi connectivity index (χ0) is 21.8. The summed E-state index contributed by atoms with van der Waals surface area (Å²) >= 11 is 0. The molecule has 9 heteroatoms. The van der Waals surface area contributed by atoms with Crippen molar-refractivity contribution in [2.45, 2.75) is 25.7 Å². The third-order valence-corrected chi connectivity index (χ3v) is 5.15. The molecule has 0 saturated heterocycles. The predicted octanol–water partition coefficient (Wildman–Crippen LogP) is 2.36. The van der Waals surface area contributed by atoms with Crippen LogP contribution in [-0.4, -0.2) is 57.4 Å². The normalized spacial score (nSPS) is 12.6. The van der Waals surface area contributed by atoms with Crippen LogP contribution in [0.1, 0.15) is 23.2 Å². The first-order valence-electron chi connectivity index (χ1n) is 10.3. The largest absolute Gasteiger partial charge is 0.491 e. The smallest absolute Gasteiger partial charge is 0.180 e. The number of carbonyl (C=O) groups is 1. The third kappa shape index (κ3) is 4.87. The second-order valence-electron chi connectivity index (χ2n) is 7.66. The highest BCUT2D eigenvalue weighted by Crippen LogP contribution is 2.31. The molecule has 0 fully saturated rings. The molecule has 0 radical (unpaired) electrons. The molecule has 3 heterocycles. The van der Waals surface area contributed by atoms with Crippen LogP contribution in [0.4, 0.5) is 10.2 Å². The number of anilines is 1. The van der Waals surface area contributed by atoms with Gasteiger partial charge in [0.1, 0.15) is 30.5 Å². The Labute approximate surface area is 180 Å². The summed E-state index contributed by atoms with van der Waals surface area (Å²) in [6.07, 6.45) is 8.25. The molecule has 1 aliphatic carbocycles. The summed E-state index contributed by atoms with van der Waals surface area (Å²) in [7, 11) is 3.71. The molecule has 0 unspecified atom stereocenters. The van der Waals surface area contributed by atoms with Gasteiger partial charge in [0.2, 0.25) is 0 Å². The summed E-state index contributed by atoms with van der Waals surface area (Å²) in [5, 5.41) is 4.12. The van der Waals surface area contributed by atoms with Crippen LogP contribution in [0.15, 0.2) is 30.7 Å². The van der Waals surface area contributed by atoms with Crippen molar-refractivity contribution in [3.05, 3.63) is 47.5 Å². The molecular weight excluding hydrogens is 399 g/mol. The summed E-state index contributed by atoms with van der Waals surface area (Å²) in [5.74, 6) is 1.84. The minimum Gasteiger partial charge on any atom is -0.491 e. The van der Waals surface area contributed by atoms with E-state index in [1.165, 1.54) is 0 Å². The first-order chi connectivity index (χ1) is 15.0. The summed E-state index contributed by atoms with van der Waals surface area (Å²) < 4.78 is 19.5. The summed E-state index contributed by atoms with van der Waals surface area (Å²) in [5.41, 5.74) is 3.53. The first-order valence-corrected chi connectivity index (χ1v) is 10.3. The molecule has 0 spiro atoms. The van der Waals surface area contributed by atoms with Crippen LogP contribution in [0, 0.1) is 0 Å². The second kappa shape index (κ2) is 9.20. The van der Waals surface area contributed by atoms with Gasteiger partial charge >= 0.3 is 0 Å². The summed E-state index contributed by atoms with van der Waals surface area (Å²) in [6.45, 7) is -0.332. The standard InChI is InChI=1S/C22H25FN6O2/c1-28(14-16(30)10-15-12-25-29(2)13-15)22-18-4-3-5-19(18)26-21(27-22)20-11-17(6-8-24-20)31-9-7-23/h6,8,11-13H,3-5,7,9-10,14H2,1-2H3. The lowest BCUT2D eigenvalue weighted by Crippen LogP contribution is -2.28. The first kappa shape index (κ1) is 20.9. The van der Waals surface area contributed by atoms with Crippen LogP contribution in [0.2, 0.25) is 0 Å². The molecule has 0 saturated carbocycles. The van der Waals surface area contributed by atoms with E-state index < -0.39 is 6.67 Å². The lowest BCUT2D eigenvalue weighted by molar-refractivity contribution is -0.117. The second-order valence-corrected chi connectivity index (χ2v) is 7.66. The average Bonchev–Trinajstić information content (AvgIpc) is 3.40. The van der Waals surface area contributed by atoms with Crippen molar-refractivity contribution in [2.75, 3.05) is 31.8 Å². The van der Waals surface area contributed by atoms with Crippen molar-refractivity contribution < 1.29 is 13.9 Å². The van der Waals surface area contributed by atoms with Gasteiger partial charge < -0.3 is 9.64 Å². The van der Waals surface area contributed by atoms with Gasteiger partial charge in [0.05, 0.1) is 12.7 Å². The highest BCUT2D eigenvalue weighted by molar-refractivity contribution is 5.85. The number of fused-ring (bicyclic) bond motifs is 1. The van der Waals surface area contributed by atoms with E-state index in [1.54, 1.807) is 29.2 Å². The molecule has 0 N–H and O–H groups in total. The topological polar surface area (TPSA) is 86.0 Å². The molecule has 0 bridgehead atoms. The van der Waals surface area contributed by atoms with Crippen molar-refractivity contribution in [1.82, 2.24) is 24.7 Å². The molecule has 162 valence electrons. The Kier molecular flexibility index (Phi) is 6.20. The molecule has 4 rings (SSSR count). The van der Waals surface area contributed by atoms with Gasteiger partial charge in [-0.1, -0.05) is 0 Å². The minimum atomic E-state index is -0.560. The number of rotatable bonds is 9. The predicted molar refractivity (Wildman–Crippen MR) is 114 cm³/mol. The molecule has 0 aliphatic heterocycles. The third-order valence-electron chi connectivity index (χ3n) is 5.15. The highest BCUT2D eigenvalue weighted by Gasteiger charge is 2.23. The number of alkyl halides is 1. The minimum absolute atomic E-state index is 0.0124. The van der Waals surface area contributed by atoms with E-state index in [-0.39, 0.29) is 18.9 Å². The Bertz CT molecular complexity index is 1080. The van der Waals surface area contributed by atoms with Gasteiger partial charge in [-0.15, -0.1) is 0 Å². The van der Waals surface area contributed by atoms with Gasteiger partial charge in [0, 0.05) is 50.2 Å². The lowest BCUT2D eigenvalue weighted by atomic mass is 10.1. The Balaban J connectivity index is 1.57. The number of aryl methyl sites for hydroxylation is 2. The van der Waals surface area contributed by atoms with E-state index in [0.717, 1.165) is 41.9 Å². The number of halogens is 1. The molecular formula is C22H25FN6O2. The number of hydrogen-bond donors (Lipinski definition) is 0. The van der Waals surface area contributed by atoms with Crippen LogP contribution in [0.5, 0.6) is 5.75 Å². The number of aromatic nitrogens is 5. The van der Waals surface area contributed by atoms with Gasteiger partial charge in [-0.2, -0.15) is 5.10 Å². The monoisotopic (exact) mass is 424 g/mol. The fraction of sp³-hybridized carbons (Fsp3) is 0.409. The molecule has 0 atom stereocenters. The van der Waals surface area contributed by atoms with E-state index in [0.29, 0.717) is 23.7 Å². The van der Waals surface area contributed by atoms with Crippen LogP contribution >= 0.6 is 0 Å². The fourth-order valence-electron chi connectivity index (χ4n) is 3.81.